The smallest absolute Gasteiger partial charge is 0.0668 e. The number of hydrogen-bond donors (Lipinski definition) is 1. The predicted octanol–water partition coefficient (Wildman–Crippen LogP) is 4.35. The van der Waals surface area contributed by atoms with Gasteiger partial charge in [0.25, 0.3) is 0 Å². The number of hydrogen-bond acceptors (Lipinski definition) is 1. The second-order valence-electron chi connectivity index (χ2n) is 6.26. The van der Waals surface area contributed by atoms with Crippen LogP contribution in [0.5, 0.6) is 0 Å². The van der Waals surface area contributed by atoms with Crippen molar-refractivity contribution in [3.63, 3.8) is 0 Å². The topological polar surface area (TPSA) is 26.0 Å². The molecule has 1 unspecified atom stereocenters. The summed E-state index contributed by atoms with van der Waals surface area (Å²) in [6, 6.07) is 17.5. The summed E-state index contributed by atoms with van der Waals surface area (Å²) in [7, 11) is 0. The van der Waals surface area contributed by atoms with Crippen LogP contribution in [-0.4, -0.2) is 0 Å². The van der Waals surface area contributed by atoms with Gasteiger partial charge in [-0.05, 0) is 47.4 Å². The standard InChI is InChI=1S/C19H23N/c1-14(2)15-9-11-17(12-10-15)19(20)13-5-7-16-6-3-4-8-18(16)19/h3-4,6,8-12,14H,5,7,13,20H2,1-2H3. The van der Waals surface area contributed by atoms with E-state index in [9.17, 15) is 0 Å². The van der Waals surface area contributed by atoms with Gasteiger partial charge in [-0.25, -0.2) is 0 Å². The van der Waals surface area contributed by atoms with E-state index >= 15 is 0 Å². The first kappa shape index (κ1) is 13.4. The molecule has 1 atom stereocenters. The summed E-state index contributed by atoms with van der Waals surface area (Å²) in [6.07, 6.45) is 3.35. The molecule has 1 heteroatoms. The molecule has 0 spiro atoms. The highest BCUT2D eigenvalue weighted by Gasteiger charge is 2.33. The van der Waals surface area contributed by atoms with Gasteiger partial charge in [0.2, 0.25) is 0 Å². The van der Waals surface area contributed by atoms with Gasteiger partial charge in [-0.3, -0.25) is 0 Å². The van der Waals surface area contributed by atoms with E-state index in [-0.39, 0.29) is 5.54 Å². The quantitative estimate of drug-likeness (QED) is 0.858. The molecule has 2 aromatic rings. The summed E-state index contributed by atoms with van der Waals surface area (Å²) < 4.78 is 0. The minimum atomic E-state index is -0.315. The zero-order chi connectivity index (χ0) is 14.2. The zero-order valence-corrected chi connectivity index (χ0v) is 12.4. The molecule has 1 nitrogen and oxygen atoms in total. The van der Waals surface area contributed by atoms with Crippen LogP contribution in [0, 0.1) is 0 Å². The van der Waals surface area contributed by atoms with Crippen molar-refractivity contribution in [1.82, 2.24) is 0 Å². The van der Waals surface area contributed by atoms with Crippen LogP contribution < -0.4 is 5.73 Å². The van der Waals surface area contributed by atoms with Crippen molar-refractivity contribution in [3.05, 3.63) is 70.8 Å². The van der Waals surface area contributed by atoms with Crippen molar-refractivity contribution in [3.8, 4) is 0 Å². The molecule has 0 aromatic heterocycles. The predicted molar refractivity (Wildman–Crippen MR) is 84.9 cm³/mol. The highest BCUT2D eigenvalue weighted by Crippen LogP contribution is 2.38. The number of fused-ring (bicyclic) bond motifs is 1. The fourth-order valence-corrected chi connectivity index (χ4v) is 3.33. The molecule has 0 amide bonds. The van der Waals surface area contributed by atoms with E-state index in [1.54, 1.807) is 0 Å². The third kappa shape index (κ3) is 2.16. The lowest BCUT2D eigenvalue weighted by Gasteiger charge is -2.36. The Morgan fingerprint density at radius 1 is 1.00 bits per heavy atom. The molecule has 0 heterocycles. The fourth-order valence-electron chi connectivity index (χ4n) is 3.33. The molecule has 0 bridgehead atoms. The maximum absolute atomic E-state index is 6.82. The van der Waals surface area contributed by atoms with Gasteiger partial charge in [-0.15, -0.1) is 0 Å². The van der Waals surface area contributed by atoms with Crippen molar-refractivity contribution >= 4 is 0 Å². The lowest BCUT2D eigenvalue weighted by atomic mass is 9.73. The Kier molecular flexibility index (Phi) is 3.39. The molecule has 2 aromatic carbocycles. The largest absolute Gasteiger partial charge is 0.318 e. The monoisotopic (exact) mass is 265 g/mol. The first-order valence-corrected chi connectivity index (χ1v) is 7.59. The molecule has 2 N–H and O–H groups in total. The Labute approximate surface area is 121 Å². The number of rotatable bonds is 2. The van der Waals surface area contributed by atoms with Crippen molar-refractivity contribution in [2.24, 2.45) is 5.73 Å². The van der Waals surface area contributed by atoms with Crippen LogP contribution >= 0.6 is 0 Å². The minimum Gasteiger partial charge on any atom is -0.318 e. The summed E-state index contributed by atoms with van der Waals surface area (Å²) in [5.41, 5.74) is 11.8. The van der Waals surface area contributed by atoms with Crippen molar-refractivity contribution in [1.29, 1.82) is 0 Å². The summed E-state index contributed by atoms with van der Waals surface area (Å²) in [5, 5.41) is 0. The van der Waals surface area contributed by atoms with Crippen LogP contribution in [0.4, 0.5) is 0 Å². The number of benzene rings is 2. The van der Waals surface area contributed by atoms with Crippen LogP contribution in [-0.2, 0) is 12.0 Å². The van der Waals surface area contributed by atoms with E-state index in [1.807, 2.05) is 0 Å². The van der Waals surface area contributed by atoms with E-state index < -0.39 is 0 Å². The lowest BCUT2D eigenvalue weighted by Crippen LogP contribution is -2.41. The Morgan fingerprint density at radius 3 is 2.40 bits per heavy atom. The van der Waals surface area contributed by atoms with E-state index in [2.05, 4.69) is 62.4 Å². The van der Waals surface area contributed by atoms with Crippen molar-refractivity contribution < 1.29 is 0 Å². The second kappa shape index (κ2) is 5.06. The van der Waals surface area contributed by atoms with Gasteiger partial charge >= 0.3 is 0 Å². The summed E-state index contributed by atoms with van der Waals surface area (Å²) >= 11 is 0. The van der Waals surface area contributed by atoms with Gasteiger partial charge in [0.1, 0.15) is 0 Å². The van der Waals surface area contributed by atoms with Crippen LogP contribution in [0.2, 0.25) is 0 Å². The highest BCUT2D eigenvalue weighted by atomic mass is 14.8. The Morgan fingerprint density at radius 2 is 1.70 bits per heavy atom. The number of aryl methyl sites for hydroxylation is 1. The maximum atomic E-state index is 6.82. The van der Waals surface area contributed by atoms with Gasteiger partial charge in [0.15, 0.2) is 0 Å². The molecular formula is C19H23N. The molecule has 1 aliphatic rings. The molecule has 0 saturated carbocycles. The first-order valence-electron chi connectivity index (χ1n) is 7.59. The van der Waals surface area contributed by atoms with Crippen LogP contribution in [0.15, 0.2) is 48.5 Å². The molecule has 3 rings (SSSR count). The summed E-state index contributed by atoms with van der Waals surface area (Å²) in [4.78, 5) is 0. The van der Waals surface area contributed by atoms with Crippen molar-refractivity contribution in [2.75, 3.05) is 0 Å². The van der Waals surface area contributed by atoms with Crippen molar-refractivity contribution in [2.45, 2.75) is 44.6 Å². The average Bonchev–Trinajstić information content (AvgIpc) is 2.48. The normalized spacial score (nSPS) is 21.8. The highest BCUT2D eigenvalue weighted by molar-refractivity contribution is 5.45. The van der Waals surface area contributed by atoms with Gasteiger partial charge in [0, 0.05) is 0 Å². The molecule has 0 fully saturated rings. The molecule has 20 heavy (non-hydrogen) atoms. The SMILES string of the molecule is CC(C)c1ccc(C2(N)CCCc3ccccc32)cc1. The molecular weight excluding hydrogens is 242 g/mol. The third-order valence-electron chi connectivity index (χ3n) is 4.61. The minimum absolute atomic E-state index is 0.315. The maximum Gasteiger partial charge on any atom is 0.0668 e. The fraction of sp³-hybridized carbons (Fsp3) is 0.368. The molecule has 0 radical (unpaired) electrons. The van der Waals surface area contributed by atoms with Crippen LogP contribution in [0.3, 0.4) is 0 Å². The first-order chi connectivity index (χ1) is 9.61. The third-order valence-corrected chi connectivity index (χ3v) is 4.61. The second-order valence-corrected chi connectivity index (χ2v) is 6.26. The molecule has 1 aliphatic carbocycles. The van der Waals surface area contributed by atoms with E-state index in [0.717, 1.165) is 12.8 Å². The summed E-state index contributed by atoms with van der Waals surface area (Å²) in [5.74, 6) is 0.566. The van der Waals surface area contributed by atoms with Gasteiger partial charge in [-0.2, -0.15) is 0 Å². The van der Waals surface area contributed by atoms with Gasteiger partial charge < -0.3 is 5.73 Å². The molecule has 0 saturated heterocycles. The average molecular weight is 265 g/mol. The van der Waals surface area contributed by atoms with Gasteiger partial charge in [-0.1, -0.05) is 62.4 Å². The van der Waals surface area contributed by atoms with E-state index in [0.29, 0.717) is 5.92 Å². The van der Waals surface area contributed by atoms with E-state index in [4.69, 9.17) is 5.73 Å². The lowest BCUT2D eigenvalue weighted by molar-refractivity contribution is 0.442. The van der Waals surface area contributed by atoms with Gasteiger partial charge in [0.05, 0.1) is 5.54 Å². The summed E-state index contributed by atoms with van der Waals surface area (Å²) in [6.45, 7) is 4.45. The molecule has 104 valence electrons. The van der Waals surface area contributed by atoms with Crippen LogP contribution in [0.25, 0.3) is 0 Å². The Bertz CT molecular complexity index is 597. The van der Waals surface area contributed by atoms with E-state index in [1.165, 1.54) is 28.7 Å². The molecule has 0 aliphatic heterocycles. The Hall–Kier alpha value is -1.60. The number of nitrogens with two attached hydrogens (primary N) is 1. The van der Waals surface area contributed by atoms with Crippen LogP contribution in [0.1, 0.15) is 54.9 Å². The zero-order valence-electron chi connectivity index (χ0n) is 12.4. The Balaban J connectivity index is 2.05.